The van der Waals surface area contributed by atoms with E-state index >= 15 is 0 Å². The van der Waals surface area contributed by atoms with E-state index in [0.29, 0.717) is 16.5 Å². The quantitative estimate of drug-likeness (QED) is 0.478. The van der Waals surface area contributed by atoms with Gasteiger partial charge in [0.2, 0.25) is 0 Å². The van der Waals surface area contributed by atoms with Gasteiger partial charge < -0.3 is 9.84 Å². The molecule has 2 aromatic carbocycles. The number of hydrogen-bond donors (Lipinski definition) is 1. The standard InChI is InChI=1S/C14H10BrClN2O4/c1-22-13-3-2-9(16)5-12(13)17-7-8-4-10(18(20)21)6-11(15)14(8)19/h2-7,19H,1H3. The number of benzene rings is 2. The predicted molar refractivity (Wildman–Crippen MR) is 87.7 cm³/mol. The van der Waals surface area contributed by atoms with Crippen LogP contribution in [-0.4, -0.2) is 23.4 Å². The second-order valence-corrected chi connectivity index (χ2v) is 5.49. The first kappa shape index (κ1) is 16.3. The normalized spacial score (nSPS) is 10.9. The molecule has 0 spiro atoms. The van der Waals surface area contributed by atoms with Crippen LogP contribution in [0, 0.1) is 10.1 Å². The Hall–Kier alpha value is -2.12. The SMILES string of the molecule is COc1ccc(Cl)cc1N=Cc1cc([N+](=O)[O-])cc(Br)c1O. The summed E-state index contributed by atoms with van der Waals surface area (Å²) in [7, 11) is 1.49. The van der Waals surface area contributed by atoms with Crippen LogP contribution in [0.15, 0.2) is 39.8 Å². The number of rotatable bonds is 4. The van der Waals surface area contributed by atoms with Crippen LogP contribution >= 0.6 is 27.5 Å². The van der Waals surface area contributed by atoms with E-state index < -0.39 is 4.92 Å². The third-order valence-electron chi connectivity index (χ3n) is 2.77. The lowest BCUT2D eigenvalue weighted by atomic mass is 10.2. The van der Waals surface area contributed by atoms with Gasteiger partial charge in [-0.2, -0.15) is 0 Å². The molecule has 0 atom stereocenters. The summed E-state index contributed by atoms with van der Waals surface area (Å²) < 4.78 is 5.36. The van der Waals surface area contributed by atoms with Crippen molar-refractivity contribution in [1.29, 1.82) is 0 Å². The third-order valence-corrected chi connectivity index (χ3v) is 3.61. The molecule has 0 saturated heterocycles. The number of non-ortho nitro benzene ring substituents is 1. The first-order valence-corrected chi connectivity index (χ1v) is 7.14. The molecule has 1 N–H and O–H groups in total. The van der Waals surface area contributed by atoms with Crippen LogP contribution in [0.5, 0.6) is 11.5 Å². The number of nitro groups is 1. The second-order valence-electron chi connectivity index (χ2n) is 4.20. The zero-order valence-corrected chi connectivity index (χ0v) is 13.6. The number of hydrogen-bond acceptors (Lipinski definition) is 5. The lowest BCUT2D eigenvalue weighted by Crippen LogP contribution is -1.92. The molecule has 6 nitrogen and oxygen atoms in total. The Morgan fingerprint density at radius 2 is 2.14 bits per heavy atom. The van der Waals surface area contributed by atoms with E-state index in [-0.39, 0.29) is 21.5 Å². The highest BCUT2D eigenvalue weighted by Crippen LogP contribution is 2.33. The van der Waals surface area contributed by atoms with Gasteiger partial charge in [0.1, 0.15) is 17.2 Å². The molecule has 0 bridgehead atoms. The summed E-state index contributed by atoms with van der Waals surface area (Å²) >= 11 is 8.97. The van der Waals surface area contributed by atoms with Crippen LogP contribution in [0.4, 0.5) is 11.4 Å². The lowest BCUT2D eigenvalue weighted by Gasteiger charge is -2.05. The fraction of sp³-hybridized carbons (Fsp3) is 0.0714. The zero-order valence-electron chi connectivity index (χ0n) is 11.3. The Labute approximate surface area is 139 Å². The van der Waals surface area contributed by atoms with Gasteiger partial charge in [-0.05, 0) is 34.1 Å². The zero-order chi connectivity index (χ0) is 16.3. The first-order chi connectivity index (χ1) is 10.4. The van der Waals surface area contributed by atoms with Crippen molar-refractivity contribution in [3.05, 3.63) is 55.5 Å². The molecule has 0 unspecified atom stereocenters. The van der Waals surface area contributed by atoms with Crippen LogP contribution in [0.2, 0.25) is 5.02 Å². The minimum Gasteiger partial charge on any atom is -0.506 e. The number of phenolic OH excluding ortho intramolecular Hbond substituents is 1. The Bertz CT molecular complexity index is 765. The maximum atomic E-state index is 10.9. The van der Waals surface area contributed by atoms with E-state index in [2.05, 4.69) is 20.9 Å². The number of phenols is 1. The average Bonchev–Trinajstić information content (AvgIpc) is 2.48. The number of halogens is 2. The Kier molecular flexibility index (Phi) is 4.99. The Morgan fingerprint density at radius 3 is 2.77 bits per heavy atom. The van der Waals surface area contributed by atoms with Crippen molar-refractivity contribution in [2.24, 2.45) is 4.99 Å². The molecule has 8 heteroatoms. The maximum Gasteiger partial charge on any atom is 0.271 e. The number of ether oxygens (including phenoxy) is 1. The van der Waals surface area contributed by atoms with Crippen LogP contribution < -0.4 is 4.74 Å². The van der Waals surface area contributed by atoms with Gasteiger partial charge in [-0.15, -0.1) is 0 Å². The monoisotopic (exact) mass is 384 g/mol. The highest BCUT2D eigenvalue weighted by atomic mass is 79.9. The largest absolute Gasteiger partial charge is 0.506 e. The molecule has 2 rings (SSSR count). The second kappa shape index (κ2) is 6.76. The number of aliphatic imine (C=N–C) groups is 1. The molecule has 22 heavy (non-hydrogen) atoms. The van der Waals surface area contributed by atoms with E-state index in [9.17, 15) is 15.2 Å². The van der Waals surface area contributed by atoms with Gasteiger partial charge in [0.05, 0.1) is 16.5 Å². The van der Waals surface area contributed by atoms with Crippen molar-refractivity contribution in [3.63, 3.8) is 0 Å². The van der Waals surface area contributed by atoms with Crippen molar-refractivity contribution in [3.8, 4) is 11.5 Å². The molecular formula is C14H10BrClN2O4. The molecule has 0 aliphatic rings. The van der Waals surface area contributed by atoms with Crippen molar-refractivity contribution < 1.29 is 14.8 Å². The average molecular weight is 386 g/mol. The van der Waals surface area contributed by atoms with Crippen LogP contribution in [-0.2, 0) is 0 Å². The summed E-state index contributed by atoms with van der Waals surface area (Å²) in [6.45, 7) is 0. The predicted octanol–water partition coefficient (Wildman–Crippen LogP) is 4.48. The molecule has 0 heterocycles. The van der Waals surface area contributed by atoms with E-state index in [0.717, 1.165) is 0 Å². The molecule has 0 aromatic heterocycles. The van der Waals surface area contributed by atoms with Gasteiger partial charge >= 0.3 is 0 Å². The summed E-state index contributed by atoms with van der Waals surface area (Å²) in [5, 5.41) is 21.3. The fourth-order valence-electron chi connectivity index (χ4n) is 1.71. The van der Waals surface area contributed by atoms with E-state index in [1.165, 1.54) is 25.5 Å². The molecule has 0 aliphatic heterocycles. The van der Waals surface area contributed by atoms with Gasteiger partial charge in [-0.3, -0.25) is 15.1 Å². The molecule has 0 fully saturated rings. The van der Waals surface area contributed by atoms with Crippen LogP contribution in [0.1, 0.15) is 5.56 Å². The molecule has 0 saturated carbocycles. The van der Waals surface area contributed by atoms with E-state index in [1.54, 1.807) is 18.2 Å². The minimum absolute atomic E-state index is 0.143. The number of aromatic hydroxyl groups is 1. The van der Waals surface area contributed by atoms with Gasteiger partial charge in [0, 0.05) is 28.9 Å². The summed E-state index contributed by atoms with van der Waals surface area (Å²) in [5.41, 5.74) is 0.476. The summed E-state index contributed by atoms with van der Waals surface area (Å²) in [6, 6.07) is 7.33. The molecule has 114 valence electrons. The molecule has 0 radical (unpaired) electrons. The fourth-order valence-corrected chi connectivity index (χ4v) is 2.34. The smallest absolute Gasteiger partial charge is 0.271 e. The minimum atomic E-state index is -0.554. The van der Waals surface area contributed by atoms with Crippen molar-refractivity contribution >= 4 is 45.1 Å². The highest BCUT2D eigenvalue weighted by Gasteiger charge is 2.13. The van der Waals surface area contributed by atoms with Gasteiger partial charge in [0.25, 0.3) is 5.69 Å². The summed E-state index contributed by atoms with van der Waals surface area (Å²) in [5.74, 6) is 0.347. The third kappa shape index (κ3) is 3.55. The van der Waals surface area contributed by atoms with Crippen molar-refractivity contribution in [2.75, 3.05) is 7.11 Å². The first-order valence-electron chi connectivity index (χ1n) is 5.97. The van der Waals surface area contributed by atoms with E-state index in [4.69, 9.17) is 16.3 Å². The van der Waals surface area contributed by atoms with Crippen LogP contribution in [0.25, 0.3) is 0 Å². The van der Waals surface area contributed by atoms with Crippen molar-refractivity contribution in [1.82, 2.24) is 0 Å². The van der Waals surface area contributed by atoms with Crippen LogP contribution in [0.3, 0.4) is 0 Å². The molecule has 0 aliphatic carbocycles. The highest BCUT2D eigenvalue weighted by molar-refractivity contribution is 9.10. The Morgan fingerprint density at radius 1 is 1.41 bits per heavy atom. The van der Waals surface area contributed by atoms with Gasteiger partial charge in [-0.25, -0.2) is 0 Å². The molecule has 2 aromatic rings. The molecule has 0 amide bonds. The lowest BCUT2D eigenvalue weighted by molar-refractivity contribution is -0.385. The number of nitro benzene ring substituents is 1. The van der Waals surface area contributed by atoms with Crippen molar-refractivity contribution in [2.45, 2.75) is 0 Å². The number of nitrogens with zero attached hydrogens (tertiary/aromatic N) is 2. The summed E-state index contributed by atoms with van der Waals surface area (Å²) in [4.78, 5) is 14.5. The van der Waals surface area contributed by atoms with E-state index in [1.807, 2.05) is 0 Å². The topological polar surface area (TPSA) is 85.0 Å². The maximum absolute atomic E-state index is 10.9. The van der Waals surface area contributed by atoms with Gasteiger partial charge in [-0.1, -0.05) is 11.6 Å². The molecular weight excluding hydrogens is 376 g/mol. The summed E-state index contributed by atoms with van der Waals surface area (Å²) in [6.07, 6.45) is 1.31. The number of methoxy groups -OCH3 is 1. The van der Waals surface area contributed by atoms with Gasteiger partial charge in [0.15, 0.2) is 0 Å². The Balaban J connectivity index is 2.46.